The van der Waals surface area contributed by atoms with Crippen molar-refractivity contribution in [2.75, 3.05) is 0 Å². The van der Waals surface area contributed by atoms with Gasteiger partial charge in [0.1, 0.15) is 11.3 Å². The molecule has 1 atom stereocenters. The van der Waals surface area contributed by atoms with E-state index in [1.807, 2.05) is 26.0 Å². The van der Waals surface area contributed by atoms with Crippen LogP contribution in [0.15, 0.2) is 36.4 Å². The van der Waals surface area contributed by atoms with E-state index >= 15 is 0 Å². The quantitative estimate of drug-likeness (QED) is 0.601. The molecule has 0 saturated carbocycles. The summed E-state index contributed by atoms with van der Waals surface area (Å²) in [4.78, 5) is 34.6. The van der Waals surface area contributed by atoms with Gasteiger partial charge in [0.2, 0.25) is 0 Å². The van der Waals surface area contributed by atoms with Crippen molar-refractivity contribution in [3.63, 3.8) is 0 Å². The molecule has 2 rings (SSSR count). The van der Waals surface area contributed by atoms with E-state index in [0.29, 0.717) is 5.75 Å². The van der Waals surface area contributed by atoms with Gasteiger partial charge >= 0.3 is 0 Å². The maximum atomic E-state index is 12.2. The van der Waals surface area contributed by atoms with E-state index in [1.54, 1.807) is 6.07 Å². The average molecular weight is 392 g/mol. The van der Waals surface area contributed by atoms with Gasteiger partial charge in [0.05, 0.1) is 4.92 Å². The molecule has 0 fully saturated rings. The molecule has 2 N–H and O–H groups in total. The molecule has 0 aromatic heterocycles. The van der Waals surface area contributed by atoms with Gasteiger partial charge in [0.15, 0.2) is 6.10 Å². The predicted molar refractivity (Wildman–Crippen MR) is 99.7 cm³/mol. The van der Waals surface area contributed by atoms with E-state index in [-0.39, 0.29) is 10.6 Å². The fourth-order valence-corrected chi connectivity index (χ4v) is 2.40. The Hall–Kier alpha value is -3.13. The third-order valence-corrected chi connectivity index (χ3v) is 4.16. The summed E-state index contributed by atoms with van der Waals surface area (Å²) in [5, 5.41) is 11.2. The van der Waals surface area contributed by atoms with Crippen LogP contribution in [-0.4, -0.2) is 22.8 Å². The molecule has 9 heteroatoms. The highest BCUT2D eigenvalue weighted by Crippen LogP contribution is 2.23. The van der Waals surface area contributed by atoms with Gasteiger partial charge in [-0.25, -0.2) is 0 Å². The zero-order valence-corrected chi connectivity index (χ0v) is 15.7. The van der Waals surface area contributed by atoms with Gasteiger partial charge in [-0.15, -0.1) is 0 Å². The number of aryl methyl sites for hydroxylation is 1. The van der Waals surface area contributed by atoms with Crippen molar-refractivity contribution in [2.45, 2.75) is 26.9 Å². The molecule has 27 heavy (non-hydrogen) atoms. The highest BCUT2D eigenvalue weighted by molar-refractivity contribution is 6.31. The fraction of sp³-hybridized carbons (Fsp3) is 0.222. The Labute approximate surface area is 160 Å². The molecule has 1 unspecified atom stereocenters. The SMILES string of the molecule is Cc1cccc(OC(C)C(=O)NNC(=O)c2cc(Cl)ccc2[N+](=O)[O-])c1C. The molecule has 0 saturated heterocycles. The Balaban J connectivity index is 2.03. The summed E-state index contributed by atoms with van der Waals surface area (Å²) >= 11 is 5.79. The van der Waals surface area contributed by atoms with E-state index in [9.17, 15) is 19.7 Å². The molecular weight excluding hydrogens is 374 g/mol. The number of nitro groups is 1. The Kier molecular flexibility index (Phi) is 6.36. The van der Waals surface area contributed by atoms with Crippen molar-refractivity contribution in [1.82, 2.24) is 10.9 Å². The summed E-state index contributed by atoms with van der Waals surface area (Å²) in [5.74, 6) is -0.931. The molecule has 0 bridgehead atoms. The van der Waals surface area contributed by atoms with E-state index in [0.717, 1.165) is 23.3 Å². The first-order valence-electron chi connectivity index (χ1n) is 7.97. The molecule has 8 nitrogen and oxygen atoms in total. The van der Waals surface area contributed by atoms with Crippen LogP contribution < -0.4 is 15.6 Å². The standard InChI is InChI=1S/C18H18ClN3O5/c1-10-5-4-6-16(11(10)2)27-12(3)17(23)20-21-18(24)14-9-13(19)7-8-15(14)22(25)26/h4-9,12H,1-3H3,(H,20,23)(H,21,24). The van der Waals surface area contributed by atoms with Crippen molar-refractivity contribution in [1.29, 1.82) is 0 Å². The second-order valence-electron chi connectivity index (χ2n) is 5.82. The summed E-state index contributed by atoms with van der Waals surface area (Å²) in [7, 11) is 0. The van der Waals surface area contributed by atoms with Crippen LogP contribution in [0.2, 0.25) is 5.02 Å². The second-order valence-corrected chi connectivity index (χ2v) is 6.26. The number of hydrogen-bond acceptors (Lipinski definition) is 5. The lowest BCUT2D eigenvalue weighted by atomic mass is 10.1. The number of nitrogens with one attached hydrogen (secondary N) is 2. The Bertz CT molecular complexity index is 901. The molecule has 0 spiro atoms. The Morgan fingerprint density at radius 3 is 2.56 bits per heavy atom. The fourth-order valence-electron chi connectivity index (χ4n) is 2.23. The molecule has 0 heterocycles. The number of halogens is 1. The molecule has 0 aliphatic heterocycles. The number of nitro benzene ring substituents is 1. The minimum absolute atomic E-state index is 0.156. The van der Waals surface area contributed by atoms with Crippen molar-refractivity contribution < 1.29 is 19.2 Å². The number of amides is 2. The van der Waals surface area contributed by atoms with Crippen molar-refractivity contribution in [3.8, 4) is 5.75 Å². The first-order chi connectivity index (χ1) is 12.7. The largest absolute Gasteiger partial charge is 0.481 e. The highest BCUT2D eigenvalue weighted by atomic mass is 35.5. The predicted octanol–water partition coefficient (Wildman–Crippen LogP) is 3.09. The van der Waals surface area contributed by atoms with Crippen LogP contribution in [0.4, 0.5) is 5.69 Å². The van der Waals surface area contributed by atoms with Gasteiger partial charge in [0, 0.05) is 11.1 Å². The van der Waals surface area contributed by atoms with Gasteiger partial charge in [-0.2, -0.15) is 0 Å². The Morgan fingerprint density at radius 1 is 1.19 bits per heavy atom. The normalized spacial score (nSPS) is 11.4. The van der Waals surface area contributed by atoms with Crippen molar-refractivity contribution in [2.24, 2.45) is 0 Å². The summed E-state index contributed by atoms with van der Waals surface area (Å²) in [6, 6.07) is 9.03. The minimum Gasteiger partial charge on any atom is -0.481 e. The number of rotatable bonds is 5. The van der Waals surface area contributed by atoms with E-state index in [4.69, 9.17) is 16.3 Å². The number of nitrogens with zero attached hydrogens (tertiary/aromatic N) is 1. The first-order valence-corrected chi connectivity index (χ1v) is 8.35. The zero-order valence-electron chi connectivity index (χ0n) is 14.9. The second kappa shape index (κ2) is 8.50. The monoisotopic (exact) mass is 391 g/mol. The Morgan fingerprint density at radius 2 is 1.89 bits per heavy atom. The molecule has 142 valence electrons. The number of benzene rings is 2. The highest BCUT2D eigenvalue weighted by Gasteiger charge is 2.22. The van der Waals surface area contributed by atoms with Gasteiger partial charge in [-0.05, 0) is 50.1 Å². The van der Waals surface area contributed by atoms with Crippen LogP contribution in [-0.2, 0) is 4.79 Å². The summed E-state index contributed by atoms with van der Waals surface area (Å²) in [6.07, 6.45) is -0.903. The summed E-state index contributed by atoms with van der Waals surface area (Å²) in [5.41, 5.74) is 5.55. The number of carbonyl (C=O) groups is 2. The van der Waals surface area contributed by atoms with Crippen LogP contribution in [0.1, 0.15) is 28.4 Å². The van der Waals surface area contributed by atoms with Crippen LogP contribution >= 0.6 is 11.6 Å². The topological polar surface area (TPSA) is 111 Å². The summed E-state index contributed by atoms with van der Waals surface area (Å²) in [6.45, 7) is 5.31. The van der Waals surface area contributed by atoms with Gasteiger partial charge < -0.3 is 4.74 Å². The van der Waals surface area contributed by atoms with Crippen LogP contribution in [0, 0.1) is 24.0 Å². The van der Waals surface area contributed by atoms with Crippen LogP contribution in [0.3, 0.4) is 0 Å². The van der Waals surface area contributed by atoms with Gasteiger partial charge in [-0.1, -0.05) is 23.7 Å². The van der Waals surface area contributed by atoms with Crippen LogP contribution in [0.25, 0.3) is 0 Å². The third-order valence-electron chi connectivity index (χ3n) is 3.93. The number of carbonyl (C=O) groups excluding carboxylic acids is 2. The minimum atomic E-state index is -0.903. The number of hydrazine groups is 1. The maximum absolute atomic E-state index is 12.2. The molecule has 2 aromatic carbocycles. The molecule has 2 aromatic rings. The molecule has 0 radical (unpaired) electrons. The average Bonchev–Trinajstić information content (AvgIpc) is 2.62. The maximum Gasteiger partial charge on any atom is 0.282 e. The third kappa shape index (κ3) is 4.95. The lowest BCUT2D eigenvalue weighted by Gasteiger charge is -2.17. The van der Waals surface area contributed by atoms with E-state index in [1.165, 1.54) is 13.0 Å². The number of hydrogen-bond donors (Lipinski definition) is 2. The smallest absolute Gasteiger partial charge is 0.282 e. The molecule has 0 aliphatic carbocycles. The molecule has 0 aliphatic rings. The van der Waals surface area contributed by atoms with Crippen LogP contribution in [0.5, 0.6) is 5.75 Å². The van der Waals surface area contributed by atoms with Crippen molar-refractivity contribution >= 4 is 29.1 Å². The lowest BCUT2D eigenvalue weighted by Crippen LogP contribution is -2.47. The lowest BCUT2D eigenvalue weighted by molar-refractivity contribution is -0.385. The first kappa shape index (κ1) is 20.2. The molecular formula is C18H18ClN3O5. The zero-order chi connectivity index (χ0) is 20.1. The van der Waals surface area contributed by atoms with E-state index < -0.39 is 28.5 Å². The van der Waals surface area contributed by atoms with Crippen molar-refractivity contribution in [3.05, 3.63) is 68.2 Å². The molecule has 2 amide bonds. The van der Waals surface area contributed by atoms with E-state index in [2.05, 4.69) is 10.9 Å². The van der Waals surface area contributed by atoms with Gasteiger partial charge in [-0.3, -0.25) is 30.6 Å². The van der Waals surface area contributed by atoms with Gasteiger partial charge in [0.25, 0.3) is 17.5 Å². The summed E-state index contributed by atoms with van der Waals surface area (Å²) < 4.78 is 5.61. The number of ether oxygens (including phenoxy) is 1.